The van der Waals surface area contributed by atoms with Crippen molar-refractivity contribution in [1.29, 1.82) is 0 Å². The SMILES string of the molecule is COc1ccc(C(=O)NCCc2nc3ccccc3n2Cc2c(C)cc(C)cc2C)cc1OC. The molecule has 1 N–H and O–H groups in total. The molecule has 0 fully saturated rings. The van der Waals surface area contributed by atoms with Crippen molar-refractivity contribution in [2.75, 3.05) is 20.8 Å². The summed E-state index contributed by atoms with van der Waals surface area (Å²) in [6, 6.07) is 17.8. The van der Waals surface area contributed by atoms with Crippen molar-refractivity contribution < 1.29 is 14.3 Å². The van der Waals surface area contributed by atoms with Crippen LogP contribution in [-0.4, -0.2) is 36.2 Å². The number of hydrogen-bond acceptors (Lipinski definition) is 4. The highest BCUT2D eigenvalue weighted by atomic mass is 16.5. The monoisotopic (exact) mass is 457 g/mol. The van der Waals surface area contributed by atoms with Gasteiger partial charge in [0.1, 0.15) is 5.82 Å². The van der Waals surface area contributed by atoms with Gasteiger partial charge in [0, 0.05) is 25.1 Å². The maximum Gasteiger partial charge on any atom is 0.251 e. The maximum atomic E-state index is 12.7. The fraction of sp³-hybridized carbons (Fsp3) is 0.286. The highest BCUT2D eigenvalue weighted by Gasteiger charge is 2.15. The number of rotatable bonds is 8. The number of amides is 1. The summed E-state index contributed by atoms with van der Waals surface area (Å²) in [7, 11) is 3.13. The number of aromatic nitrogens is 2. The van der Waals surface area contributed by atoms with Gasteiger partial charge in [0.25, 0.3) is 5.91 Å². The highest BCUT2D eigenvalue weighted by molar-refractivity contribution is 5.94. The number of methoxy groups -OCH3 is 2. The molecule has 0 aliphatic rings. The summed E-state index contributed by atoms with van der Waals surface area (Å²) in [4.78, 5) is 17.6. The van der Waals surface area contributed by atoms with Crippen LogP contribution in [0.25, 0.3) is 11.0 Å². The Morgan fingerprint density at radius 1 is 0.941 bits per heavy atom. The topological polar surface area (TPSA) is 65.4 Å². The number of nitrogens with zero attached hydrogens (tertiary/aromatic N) is 2. The first-order valence-corrected chi connectivity index (χ1v) is 11.4. The van der Waals surface area contributed by atoms with Crippen LogP contribution in [-0.2, 0) is 13.0 Å². The first kappa shape index (κ1) is 23.4. The molecule has 1 aromatic heterocycles. The van der Waals surface area contributed by atoms with E-state index in [2.05, 4.69) is 48.9 Å². The highest BCUT2D eigenvalue weighted by Crippen LogP contribution is 2.27. The molecule has 0 atom stereocenters. The number of carbonyl (C=O) groups excluding carboxylic acids is 1. The van der Waals surface area contributed by atoms with Crippen molar-refractivity contribution in [2.24, 2.45) is 0 Å². The molecule has 0 radical (unpaired) electrons. The summed E-state index contributed by atoms with van der Waals surface area (Å²) >= 11 is 0. The Labute approximate surface area is 200 Å². The zero-order valence-corrected chi connectivity index (χ0v) is 20.4. The normalized spacial score (nSPS) is 11.0. The Morgan fingerprint density at radius 3 is 2.35 bits per heavy atom. The number of fused-ring (bicyclic) bond motifs is 1. The second-order valence-electron chi connectivity index (χ2n) is 8.56. The van der Waals surface area contributed by atoms with E-state index in [9.17, 15) is 4.79 Å². The van der Waals surface area contributed by atoms with Gasteiger partial charge in [-0.25, -0.2) is 4.98 Å². The second kappa shape index (κ2) is 10.00. The number of aryl methyl sites for hydroxylation is 3. The van der Waals surface area contributed by atoms with Gasteiger partial charge < -0.3 is 19.4 Å². The molecule has 6 nitrogen and oxygen atoms in total. The lowest BCUT2D eigenvalue weighted by Crippen LogP contribution is -2.26. The molecule has 0 saturated heterocycles. The lowest BCUT2D eigenvalue weighted by Gasteiger charge is -2.15. The van der Waals surface area contributed by atoms with E-state index in [0.717, 1.165) is 23.4 Å². The molecule has 1 heterocycles. The van der Waals surface area contributed by atoms with Crippen LogP contribution in [0.1, 0.15) is 38.4 Å². The van der Waals surface area contributed by atoms with Crippen LogP contribution in [0.3, 0.4) is 0 Å². The molecule has 3 aromatic carbocycles. The average Bonchev–Trinajstić information content (AvgIpc) is 3.17. The number of ether oxygens (including phenoxy) is 2. The van der Waals surface area contributed by atoms with Crippen LogP contribution in [0.15, 0.2) is 54.6 Å². The number of benzene rings is 3. The smallest absolute Gasteiger partial charge is 0.251 e. The largest absolute Gasteiger partial charge is 0.493 e. The third-order valence-corrected chi connectivity index (χ3v) is 6.17. The first-order chi connectivity index (χ1) is 16.4. The van der Waals surface area contributed by atoms with Crippen molar-refractivity contribution in [2.45, 2.75) is 33.7 Å². The molecule has 0 aliphatic heterocycles. The van der Waals surface area contributed by atoms with E-state index in [1.54, 1.807) is 32.4 Å². The van der Waals surface area contributed by atoms with E-state index in [4.69, 9.17) is 14.5 Å². The summed E-state index contributed by atoms with van der Waals surface area (Å²) in [5, 5.41) is 3.01. The summed E-state index contributed by atoms with van der Waals surface area (Å²) in [5.74, 6) is 1.91. The van der Waals surface area contributed by atoms with Crippen LogP contribution in [0, 0.1) is 20.8 Å². The van der Waals surface area contributed by atoms with Crippen molar-refractivity contribution in [3.8, 4) is 11.5 Å². The molecule has 6 heteroatoms. The Morgan fingerprint density at radius 2 is 1.65 bits per heavy atom. The fourth-order valence-electron chi connectivity index (χ4n) is 4.48. The van der Waals surface area contributed by atoms with E-state index < -0.39 is 0 Å². The van der Waals surface area contributed by atoms with E-state index >= 15 is 0 Å². The third kappa shape index (κ3) is 4.76. The predicted octanol–water partition coefficient (Wildman–Crippen LogP) is 5.00. The van der Waals surface area contributed by atoms with Gasteiger partial charge in [0.15, 0.2) is 11.5 Å². The quantitative estimate of drug-likeness (QED) is 0.404. The Kier molecular flexibility index (Phi) is 6.87. The van der Waals surface area contributed by atoms with Crippen LogP contribution >= 0.6 is 0 Å². The van der Waals surface area contributed by atoms with Gasteiger partial charge in [-0.2, -0.15) is 0 Å². The van der Waals surface area contributed by atoms with Gasteiger partial charge in [-0.1, -0.05) is 29.8 Å². The van der Waals surface area contributed by atoms with E-state index in [1.165, 1.54) is 22.3 Å². The molecular formula is C28H31N3O3. The number of para-hydroxylation sites is 2. The molecule has 0 saturated carbocycles. The molecule has 0 unspecified atom stereocenters. The zero-order valence-electron chi connectivity index (χ0n) is 20.4. The summed E-state index contributed by atoms with van der Waals surface area (Å²) < 4.78 is 12.8. The summed E-state index contributed by atoms with van der Waals surface area (Å²) in [5.41, 5.74) is 7.73. The molecular weight excluding hydrogens is 426 g/mol. The van der Waals surface area contributed by atoms with Gasteiger partial charge >= 0.3 is 0 Å². The van der Waals surface area contributed by atoms with Crippen molar-refractivity contribution >= 4 is 16.9 Å². The van der Waals surface area contributed by atoms with E-state index in [0.29, 0.717) is 30.0 Å². The predicted molar refractivity (Wildman–Crippen MR) is 135 cm³/mol. The Hall–Kier alpha value is -3.80. The van der Waals surface area contributed by atoms with Gasteiger partial charge in [-0.05, 0) is 67.8 Å². The molecule has 0 bridgehead atoms. The molecule has 176 valence electrons. The molecule has 4 rings (SSSR count). The van der Waals surface area contributed by atoms with Gasteiger partial charge in [0.05, 0.1) is 25.3 Å². The first-order valence-electron chi connectivity index (χ1n) is 11.4. The molecule has 34 heavy (non-hydrogen) atoms. The summed E-state index contributed by atoms with van der Waals surface area (Å²) in [6.45, 7) is 7.68. The fourth-order valence-corrected chi connectivity index (χ4v) is 4.48. The molecule has 0 spiro atoms. The Balaban J connectivity index is 1.54. The molecule has 4 aromatic rings. The number of hydrogen-bond donors (Lipinski definition) is 1. The van der Waals surface area contributed by atoms with Crippen molar-refractivity contribution in [3.63, 3.8) is 0 Å². The number of imidazole rings is 1. The van der Waals surface area contributed by atoms with E-state index in [-0.39, 0.29) is 5.91 Å². The van der Waals surface area contributed by atoms with Gasteiger partial charge in [-0.15, -0.1) is 0 Å². The maximum absolute atomic E-state index is 12.7. The zero-order chi connectivity index (χ0) is 24.2. The second-order valence-corrected chi connectivity index (χ2v) is 8.56. The third-order valence-electron chi connectivity index (χ3n) is 6.17. The Bertz CT molecular complexity index is 1320. The minimum atomic E-state index is -0.158. The van der Waals surface area contributed by atoms with Crippen LogP contribution < -0.4 is 14.8 Å². The van der Waals surface area contributed by atoms with Gasteiger partial charge in [0.2, 0.25) is 0 Å². The minimum absolute atomic E-state index is 0.158. The lowest BCUT2D eigenvalue weighted by atomic mass is 9.99. The van der Waals surface area contributed by atoms with Crippen LogP contribution in [0.4, 0.5) is 0 Å². The number of carbonyl (C=O) groups is 1. The van der Waals surface area contributed by atoms with Crippen LogP contribution in [0.2, 0.25) is 0 Å². The van der Waals surface area contributed by atoms with E-state index in [1.807, 2.05) is 18.2 Å². The van der Waals surface area contributed by atoms with Crippen LogP contribution in [0.5, 0.6) is 11.5 Å². The minimum Gasteiger partial charge on any atom is -0.493 e. The molecule has 1 amide bonds. The summed E-state index contributed by atoms with van der Waals surface area (Å²) in [6.07, 6.45) is 0.623. The van der Waals surface area contributed by atoms with Gasteiger partial charge in [-0.3, -0.25) is 4.79 Å². The standard InChI is InChI=1S/C28H31N3O3/c1-18-14-19(2)22(20(3)15-18)17-31-24-9-7-6-8-23(24)30-27(31)12-13-29-28(32)21-10-11-25(33-4)26(16-21)34-5/h6-11,14-16H,12-13,17H2,1-5H3,(H,29,32). The number of nitrogens with one attached hydrogen (secondary N) is 1. The van der Waals surface area contributed by atoms with Crippen molar-refractivity contribution in [3.05, 3.63) is 88.2 Å². The van der Waals surface area contributed by atoms with Crippen molar-refractivity contribution in [1.82, 2.24) is 14.9 Å². The lowest BCUT2D eigenvalue weighted by molar-refractivity contribution is 0.0953. The molecule has 0 aliphatic carbocycles. The average molecular weight is 458 g/mol.